The van der Waals surface area contributed by atoms with Crippen molar-refractivity contribution < 1.29 is 17.9 Å². The zero-order chi connectivity index (χ0) is 17.2. The van der Waals surface area contributed by atoms with Gasteiger partial charge in [0.1, 0.15) is 17.9 Å². The molecule has 130 valence electrons. The highest BCUT2D eigenvalue weighted by Gasteiger charge is 2.31. The summed E-state index contributed by atoms with van der Waals surface area (Å²) in [5, 5.41) is 8.08. The first-order chi connectivity index (χ1) is 11.4. The maximum atomic E-state index is 12.3. The van der Waals surface area contributed by atoms with Gasteiger partial charge in [-0.2, -0.15) is 0 Å². The predicted octanol–water partition coefficient (Wildman–Crippen LogP) is 3.09. The maximum Gasteiger partial charge on any atom is 0.573 e. The summed E-state index contributed by atoms with van der Waals surface area (Å²) in [6, 6.07) is 6.17. The van der Waals surface area contributed by atoms with Crippen LogP contribution in [-0.2, 0) is 13.6 Å². The molecule has 0 amide bonds. The molecule has 3 rings (SSSR count). The van der Waals surface area contributed by atoms with Crippen LogP contribution in [0.25, 0.3) is 0 Å². The van der Waals surface area contributed by atoms with Crippen LogP contribution in [-0.4, -0.2) is 39.1 Å². The van der Waals surface area contributed by atoms with E-state index in [1.165, 1.54) is 12.1 Å². The van der Waals surface area contributed by atoms with E-state index in [1.54, 1.807) is 12.4 Å². The number of hydrogen-bond donors (Lipinski definition) is 0. The summed E-state index contributed by atoms with van der Waals surface area (Å²) in [5.74, 6) is 1.21. The molecule has 8 heteroatoms. The maximum absolute atomic E-state index is 12.3. The highest BCUT2D eigenvalue weighted by molar-refractivity contribution is 5.28. The molecule has 0 aliphatic carbocycles. The van der Waals surface area contributed by atoms with E-state index in [0.29, 0.717) is 12.5 Å². The first-order valence-corrected chi connectivity index (χ1v) is 7.81. The molecule has 0 atom stereocenters. The van der Waals surface area contributed by atoms with E-state index in [1.807, 2.05) is 17.7 Å². The fraction of sp³-hybridized carbons (Fsp3) is 0.500. The minimum Gasteiger partial charge on any atom is -0.406 e. The SMILES string of the molecule is Cn1cnnc1C1CCN(Cc2cccc(OC(F)(F)F)c2)CC1. The highest BCUT2D eigenvalue weighted by atomic mass is 19.4. The van der Waals surface area contributed by atoms with Gasteiger partial charge in [0, 0.05) is 19.5 Å². The van der Waals surface area contributed by atoms with E-state index in [-0.39, 0.29) is 5.75 Å². The summed E-state index contributed by atoms with van der Waals surface area (Å²) in [4.78, 5) is 2.24. The molecule has 1 aromatic carbocycles. The minimum absolute atomic E-state index is 0.172. The average molecular weight is 340 g/mol. The lowest BCUT2D eigenvalue weighted by Gasteiger charge is -2.31. The molecule has 0 unspecified atom stereocenters. The molecule has 2 heterocycles. The van der Waals surface area contributed by atoms with E-state index in [9.17, 15) is 13.2 Å². The monoisotopic (exact) mass is 340 g/mol. The molecular formula is C16H19F3N4O. The molecule has 24 heavy (non-hydrogen) atoms. The molecule has 0 bridgehead atoms. The Bertz CT molecular complexity index is 678. The highest BCUT2D eigenvalue weighted by Crippen LogP contribution is 2.28. The largest absolute Gasteiger partial charge is 0.573 e. The second kappa shape index (κ2) is 6.80. The second-order valence-corrected chi connectivity index (χ2v) is 6.05. The molecule has 1 fully saturated rings. The lowest BCUT2D eigenvalue weighted by atomic mass is 9.95. The number of halogens is 3. The third kappa shape index (κ3) is 4.25. The van der Waals surface area contributed by atoms with Gasteiger partial charge in [-0.05, 0) is 43.6 Å². The van der Waals surface area contributed by atoms with Crippen LogP contribution in [0, 0.1) is 0 Å². The van der Waals surface area contributed by atoms with E-state index in [2.05, 4.69) is 19.8 Å². The number of rotatable bonds is 4. The van der Waals surface area contributed by atoms with Crippen molar-refractivity contribution in [2.45, 2.75) is 31.7 Å². The zero-order valence-corrected chi connectivity index (χ0v) is 13.3. The Labute approximate surface area is 138 Å². The van der Waals surface area contributed by atoms with E-state index in [4.69, 9.17) is 0 Å². The molecule has 0 radical (unpaired) electrons. The van der Waals surface area contributed by atoms with Crippen LogP contribution in [0.2, 0.25) is 0 Å². The van der Waals surface area contributed by atoms with Crippen LogP contribution in [0.4, 0.5) is 13.2 Å². The Morgan fingerprint density at radius 3 is 2.62 bits per heavy atom. The summed E-state index contributed by atoms with van der Waals surface area (Å²) < 4.78 is 42.8. The molecule has 2 aromatic rings. The van der Waals surface area contributed by atoms with E-state index >= 15 is 0 Å². The second-order valence-electron chi connectivity index (χ2n) is 6.05. The summed E-state index contributed by atoms with van der Waals surface area (Å²) in [6.07, 6.45) is -1.03. The number of alkyl halides is 3. The fourth-order valence-electron chi connectivity index (χ4n) is 3.11. The van der Waals surface area contributed by atoms with Crippen molar-refractivity contribution in [3.8, 4) is 5.75 Å². The van der Waals surface area contributed by atoms with Gasteiger partial charge in [-0.3, -0.25) is 4.90 Å². The van der Waals surface area contributed by atoms with Crippen LogP contribution < -0.4 is 4.74 Å². The number of aryl methyl sites for hydroxylation is 1. The van der Waals surface area contributed by atoms with Gasteiger partial charge in [0.2, 0.25) is 0 Å². The Balaban J connectivity index is 1.56. The number of piperidine rings is 1. The van der Waals surface area contributed by atoms with Crippen molar-refractivity contribution in [2.75, 3.05) is 13.1 Å². The lowest BCUT2D eigenvalue weighted by Crippen LogP contribution is -2.33. The van der Waals surface area contributed by atoms with Crippen LogP contribution in [0.15, 0.2) is 30.6 Å². The summed E-state index contributed by atoms with van der Waals surface area (Å²) >= 11 is 0. The van der Waals surface area contributed by atoms with E-state index < -0.39 is 6.36 Å². The topological polar surface area (TPSA) is 43.2 Å². The van der Waals surface area contributed by atoms with Crippen LogP contribution in [0.5, 0.6) is 5.75 Å². The molecule has 0 spiro atoms. The quantitative estimate of drug-likeness (QED) is 0.858. The number of ether oxygens (including phenoxy) is 1. The van der Waals surface area contributed by atoms with Crippen molar-refractivity contribution in [2.24, 2.45) is 7.05 Å². The van der Waals surface area contributed by atoms with Gasteiger partial charge in [-0.1, -0.05) is 12.1 Å². The zero-order valence-electron chi connectivity index (χ0n) is 13.3. The third-order valence-electron chi connectivity index (χ3n) is 4.24. The normalized spacial score (nSPS) is 17.2. The van der Waals surface area contributed by atoms with E-state index in [0.717, 1.165) is 37.3 Å². The summed E-state index contributed by atoms with van der Waals surface area (Å²) in [7, 11) is 1.94. The molecule has 1 aromatic heterocycles. The van der Waals surface area contributed by atoms with Crippen LogP contribution in [0.1, 0.15) is 30.1 Å². The fourth-order valence-corrected chi connectivity index (χ4v) is 3.11. The molecule has 5 nitrogen and oxygen atoms in total. The predicted molar refractivity (Wildman–Crippen MR) is 81.4 cm³/mol. The van der Waals surface area contributed by atoms with Crippen molar-refractivity contribution >= 4 is 0 Å². The van der Waals surface area contributed by atoms with Gasteiger partial charge in [-0.15, -0.1) is 23.4 Å². The van der Waals surface area contributed by atoms with Gasteiger partial charge >= 0.3 is 6.36 Å². The molecule has 1 aliphatic heterocycles. The first-order valence-electron chi connectivity index (χ1n) is 7.81. The van der Waals surface area contributed by atoms with Crippen molar-refractivity contribution in [1.29, 1.82) is 0 Å². The summed E-state index contributed by atoms with van der Waals surface area (Å²) in [5.41, 5.74) is 0.814. The molecule has 0 N–H and O–H groups in total. The van der Waals surface area contributed by atoms with Gasteiger partial charge in [0.05, 0.1) is 0 Å². The number of aromatic nitrogens is 3. The van der Waals surface area contributed by atoms with Crippen LogP contribution in [0.3, 0.4) is 0 Å². The Morgan fingerprint density at radius 1 is 1.25 bits per heavy atom. The van der Waals surface area contributed by atoms with Crippen molar-refractivity contribution in [1.82, 2.24) is 19.7 Å². The Hall–Kier alpha value is -2.09. The molecule has 0 saturated carbocycles. The van der Waals surface area contributed by atoms with Crippen molar-refractivity contribution in [3.63, 3.8) is 0 Å². The lowest BCUT2D eigenvalue weighted by molar-refractivity contribution is -0.274. The smallest absolute Gasteiger partial charge is 0.406 e. The summed E-state index contributed by atoms with van der Waals surface area (Å²) in [6.45, 7) is 2.37. The number of nitrogens with zero attached hydrogens (tertiary/aromatic N) is 4. The van der Waals surface area contributed by atoms with Gasteiger partial charge in [0.25, 0.3) is 0 Å². The average Bonchev–Trinajstić information content (AvgIpc) is 2.93. The van der Waals surface area contributed by atoms with Gasteiger partial charge < -0.3 is 9.30 Å². The first kappa shape index (κ1) is 16.8. The molecular weight excluding hydrogens is 321 g/mol. The Morgan fingerprint density at radius 2 is 2.00 bits per heavy atom. The van der Waals surface area contributed by atoms with Crippen LogP contribution >= 0.6 is 0 Å². The number of benzene rings is 1. The minimum atomic E-state index is -4.66. The number of hydrogen-bond acceptors (Lipinski definition) is 4. The Kier molecular flexibility index (Phi) is 4.75. The van der Waals surface area contributed by atoms with Gasteiger partial charge in [-0.25, -0.2) is 0 Å². The molecule has 1 aliphatic rings. The van der Waals surface area contributed by atoms with Crippen molar-refractivity contribution in [3.05, 3.63) is 42.0 Å². The molecule has 1 saturated heterocycles. The third-order valence-corrected chi connectivity index (χ3v) is 4.24. The standard InChI is InChI=1S/C16H19F3N4O/c1-22-11-20-21-15(22)13-5-7-23(8-6-13)10-12-3-2-4-14(9-12)24-16(17,18)19/h2-4,9,11,13H,5-8,10H2,1H3. The number of likely N-dealkylation sites (tertiary alicyclic amines) is 1. The van der Waals surface area contributed by atoms with Gasteiger partial charge in [0.15, 0.2) is 0 Å².